The molecule has 1 atom stereocenters. The summed E-state index contributed by atoms with van der Waals surface area (Å²) in [6, 6.07) is 11.3. The second kappa shape index (κ2) is 7.65. The van der Waals surface area contributed by atoms with Gasteiger partial charge < -0.3 is 14.4 Å². The Morgan fingerprint density at radius 2 is 1.85 bits per heavy atom. The van der Waals surface area contributed by atoms with Crippen molar-refractivity contribution in [2.75, 3.05) is 26.5 Å². The van der Waals surface area contributed by atoms with Crippen LogP contribution in [0, 0.1) is 10.1 Å². The van der Waals surface area contributed by atoms with E-state index in [0.717, 1.165) is 11.3 Å². The quantitative estimate of drug-likeness (QED) is 0.588. The third kappa shape index (κ3) is 3.45. The Labute approximate surface area is 155 Å². The fraction of sp³-hybridized carbons (Fsp3) is 0.278. The number of amides is 1. The molecule has 136 valence electrons. The average molecular weight is 374 g/mol. The highest BCUT2D eigenvalue weighted by atomic mass is 32.2. The fourth-order valence-electron chi connectivity index (χ4n) is 2.85. The lowest BCUT2D eigenvalue weighted by Gasteiger charge is -2.25. The maximum absolute atomic E-state index is 12.9. The summed E-state index contributed by atoms with van der Waals surface area (Å²) >= 11 is 1.67. The van der Waals surface area contributed by atoms with Crippen LogP contribution in [0.1, 0.15) is 21.3 Å². The smallest absolute Gasteiger partial charge is 0.269 e. The van der Waals surface area contributed by atoms with Crippen molar-refractivity contribution in [1.82, 2.24) is 4.90 Å². The summed E-state index contributed by atoms with van der Waals surface area (Å²) in [7, 11) is 3.15. The molecule has 1 saturated heterocycles. The molecule has 0 bridgehead atoms. The Kier molecular flexibility index (Phi) is 5.32. The molecule has 8 heteroatoms. The maximum Gasteiger partial charge on any atom is 0.269 e. The number of hydrogen-bond donors (Lipinski definition) is 0. The van der Waals surface area contributed by atoms with Gasteiger partial charge in [-0.1, -0.05) is 6.07 Å². The van der Waals surface area contributed by atoms with E-state index in [1.165, 1.54) is 24.3 Å². The van der Waals surface area contributed by atoms with E-state index in [4.69, 9.17) is 9.47 Å². The molecule has 0 spiro atoms. The van der Waals surface area contributed by atoms with Gasteiger partial charge in [0, 0.05) is 30.0 Å². The minimum absolute atomic E-state index is 0.0335. The van der Waals surface area contributed by atoms with Crippen molar-refractivity contribution >= 4 is 23.4 Å². The zero-order valence-corrected chi connectivity index (χ0v) is 15.2. The SMILES string of the molecule is COc1ccc([C@H]2SCCN2C(=O)c2ccc([N+](=O)[O-])cc2)cc1OC. The molecule has 1 aliphatic heterocycles. The largest absolute Gasteiger partial charge is 0.493 e. The number of nitro benzene ring substituents is 1. The molecule has 0 saturated carbocycles. The van der Waals surface area contributed by atoms with Gasteiger partial charge in [-0.3, -0.25) is 14.9 Å². The first-order valence-corrected chi connectivity index (χ1v) is 8.99. The highest BCUT2D eigenvalue weighted by Crippen LogP contribution is 2.41. The van der Waals surface area contributed by atoms with Gasteiger partial charge in [-0.2, -0.15) is 0 Å². The number of carbonyl (C=O) groups excluding carboxylic acids is 1. The zero-order valence-electron chi connectivity index (χ0n) is 14.4. The molecule has 0 unspecified atom stereocenters. The highest BCUT2D eigenvalue weighted by Gasteiger charge is 2.32. The second-order valence-corrected chi connectivity index (χ2v) is 6.83. The van der Waals surface area contributed by atoms with Gasteiger partial charge in [0.1, 0.15) is 5.37 Å². The molecule has 26 heavy (non-hydrogen) atoms. The topological polar surface area (TPSA) is 81.9 Å². The van der Waals surface area contributed by atoms with Gasteiger partial charge in [0.15, 0.2) is 11.5 Å². The molecular formula is C18H18N2O5S. The molecule has 2 aromatic carbocycles. The number of hydrogen-bond acceptors (Lipinski definition) is 6. The number of non-ortho nitro benzene ring substituents is 1. The Morgan fingerprint density at radius 3 is 2.46 bits per heavy atom. The van der Waals surface area contributed by atoms with E-state index in [0.29, 0.717) is 23.6 Å². The van der Waals surface area contributed by atoms with Crippen LogP contribution in [0.15, 0.2) is 42.5 Å². The van der Waals surface area contributed by atoms with E-state index in [1.54, 1.807) is 30.9 Å². The molecule has 0 aromatic heterocycles. The van der Waals surface area contributed by atoms with Gasteiger partial charge in [-0.15, -0.1) is 11.8 Å². The summed E-state index contributed by atoms with van der Waals surface area (Å²) in [5.74, 6) is 1.91. The van der Waals surface area contributed by atoms with Gasteiger partial charge in [-0.25, -0.2) is 0 Å². The van der Waals surface area contributed by atoms with Crippen LogP contribution < -0.4 is 9.47 Å². The summed E-state index contributed by atoms with van der Waals surface area (Å²) in [6.07, 6.45) is 0. The van der Waals surface area contributed by atoms with Crippen molar-refractivity contribution in [2.24, 2.45) is 0 Å². The zero-order chi connectivity index (χ0) is 18.7. The number of nitrogens with zero attached hydrogens (tertiary/aromatic N) is 2. The van der Waals surface area contributed by atoms with Crippen LogP contribution in [-0.2, 0) is 0 Å². The number of thioether (sulfide) groups is 1. The Balaban J connectivity index is 1.85. The van der Waals surface area contributed by atoms with E-state index < -0.39 is 4.92 Å². The molecule has 0 N–H and O–H groups in total. The van der Waals surface area contributed by atoms with Crippen LogP contribution >= 0.6 is 11.8 Å². The van der Waals surface area contributed by atoms with Gasteiger partial charge in [-0.05, 0) is 29.8 Å². The van der Waals surface area contributed by atoms with Crippen LogP contribution in [0.25, 0.3) is 0 Å². The molecule has 0 radical (unpaired) electrons. The highest BCUT2D eigenvalue weighted by molar-refractivity contribution is 7.99. The Hall–Kier alpha value is -2.74. The molecule has 1 fully saturated rings. The van der Waals surface area contributed by atoms with Gasteiger partial charge in [0.2, 0.25) is 0 Å². The third-order valence-corrected chi connectivity index (χ3v) is 5.43. The van der Waals surface area contributed by atoms with Crippen molar-refractivity contribution in [2.45, 2.75) is 5.37 Å². The standard InChI is InChI=1S/C18H18N2O5S/c1-24-15-8-5-13(11-16(15)25-2)18-19(9-10-26-18)17(21)12-3-6-14(7-4-12)20(22)23/h3-8,11,18H,9-10H2,1-2H3/t18-/m1/s1. The van der Waals surface area contributed by atoms with E-state index in [1.807, 2.05) is 18.2 Å². The maximum atomic E-state index is 12.9. The van der Waals surface area contributed by atoms with Crippen LogP contribution in [0.5, 0.6) is 11.5 Å². The first kappa shape index (κ1) is 18.1. The number of rotatable bonds is 5. The molecule has 1 heterocycles. The van der Waals surface area contributed by atoms with Crippen LogP contribution in [-0.4, -0.2) is 42.2 Å². The first-order valence-electron chi connectivity index (χ1n) is 7.94. The number of carbonyl (C=O) groups is 1. The lowest BCUT2D eigenvalue weighted by molar-refractivity contribution is -0.384. The lowest BCUT2D eigenvalue weighted by atomic mass is 10.1. The van der Waals surface area contributed by atoms with Crippen molar-refractivity contribution in [1.29, 1.82) is 0 Å². The predicted molar refractivity (Wildman–Crippen MR) is 98.9 cm³/mol. The molecular weight excluding hydrogens is 356 g/mol. The monoisotopic (exact) mass is 374 g/mol. The molecule has 0 aliphatic carbocycles. The Morgan fingerprint density at radius 1 is 1.15 bits per heavy atom. The molecule has 1 amide bonds. The van der Waals surface area contributed by atoms with Gasteiger partial charge in [0.05, 0.1) is 19.1 Å². The molecule has 3 rings (SSSR count). The molecule has 1 aliphatic rings. The number of nitro groups is 1. The predicted octanol–water partition coefficient (Wildman–Crippen LogP) is 3.50. The summed E-state index contributed by atoms with van der Waals surface area (Å²) in [4.78, 5) is 24.9. The van der Waals surface area contributed by atoms with E-state index in [2.05, 4.69) is 0 Å². The van der Waals surface area contributed by atoms with Crippen LogP contribution in [0.4, 0.5) is 5.69 Å². The number of benzene rings is 2. The van der Waals surface area contributed by atoms with Gasteiger partial charge in [0.25, 0.3) is 11.6 Å². The lowest BCUT2D eigenvalue weighted by Crippen LogP contribution is -2.30. The van der Waals surface area contributed by atoms with Crippen molar-refractivity contribution in [3.05, 3.63) is 63.7 Å². The van der Waals surface area contributed by atoms with Crippen molar-refractivity contribution in [3.63, 3.8) is 0 Å². The van der Waals surface area contributed by atoms with Crippen molar-refractivity contribution < 1.29 is 19.2 Å². The normalized spacial score (nSPS) is 16.4. The summed E-state index contributed by atoms with van der Waals surface area (Å²) in [5, 5.41) is 10.6. The summed E-state index contributed by atoms with van der Waals surface area (Å²) in [6.45, 7) is 0.611. The van der Waals surface area contributed by atoms with Gasteiger partial charge >= 0.3 is 0 Å². The summed E-state index contributed by atoms with van der Waals surface area (Å²) in [5.41, 5.74) is 1.35. The van der Waals surface area contributed by atoms with E-state index in [-0.39, 0.29) is 17.0 Å². The minimum Gasteiger partial charge on any atom is -0.493 e. The fourth-order valence-corrected chi connectivity index (χ4v) is 4.10. The first-order chi connectivity index (χ1) is 12.5. The van der Waals surface area contributed by atoms with E-state index >= 15 is 0 Å². The van der Waals surface area contributed by atoms with E-state index in [9.17, 15) is 14.9 Å². The number of ether oxygens (including phenoxy) is 2. The van der Waals surface area contributed by atoms with Crippen LogP contribution in [0.3, 0.4) is 0 Å². The molecule has 2 aromatic rings. The molecule has 7 nitrogen and oxygen atoms in total. The summed E-state index contributed by atoms with van der Waals surface area (Å²) < 4.78 is 10.6. The minimum atomic E-state index is -0.480. The van der Waals surface area contributed by atoms with Crippen molar-refractivity contribution in [3.8, 4) is 11.5 Å². The van der Waals surface area contributed by atoms with Crippen LogP contribution in [0.2, 0.25) is 0 Å². The Bertz CT molecular complexity index is 825. The second-order valence-electron chi connectivity index (χ2n) is 5.64. The average Bonchev–Trinajstić information content (AvgIpc) is 3.16. The third-order valence-electron chi connectivity index (χ3n) is 4.17. The number of methoxy groups -OCH3 is 2.